The fraction of sp³-hybridized carbons (Fsp3) is 0.500. The van der Waals surface area contributed by atoms with Crippen molar-refractivity contribution in [3.05, 3.63) is 28.3 Å². The number of nitrogens with one attached hydrogen (secondary N) is 1. The Kier molecular flexibility index (Phi) is 4.57. The van der Waals surface area contributed by atoms with Gasteiger partial charge in [-0.15, -0.1) is 0 Å². The van der Waals surface area contributed by atoms with Crippen LogP contribution in [0.25, 0.3) is 0 Å². The largest absolute Gasteiger partial charge is 0.347 e. The first-order valence-electron chi connectivity index (χ1n) is 6.76. The number of carbonyl (C=O) groups excluding carboxylic acids is 1. The van der Waals surface area contributed by atoms with Crippen LogP contribution < -0.4 is 5.32 Å². The molecule has 0 heterocycles. The van der Waals surface area contributed by atoms with Gasteiger partial charge in [-0.05, 0) is 50.3 Å². The van der Waals surface area contributed by atoms with E-state index in [1.165, 1.54) is 12.1 Å². The van der Waals surface area contributed by atoms with Gasteiger partial charge in [0, 0.05) is 26.8 Å². The van der Waals surface area contributed by atoms with Crippen LogP contribution in [0.1, 0.15) is 48.5 Å². The smallest absolute Gasteiger partial charge is 0.261 e. The Morgan fingerprint density at radius 3 is 2.43 bits per heavy atom. The Bertz CT molecular complexity index is 676. The minimum absolute atomic E-state index is 0.163. The molecular formula is C14H17Cl2NO3S. The van der Waals surface area contributed by atoms with Gasteiger partial charge in [0.15, 0.2) is 0 Å². The summed E-state index contributed by atoms with van der Waals surface area (Å²) in [5.41, 5.74) is 0.622. The van der Waals surface area contributed by atoms with Crippen LogP contribution in [0.3, 0.4) is 0 Å². The number of rotatable bonds is 4. The average molecular weight is 350 g/mol. The molecule has 0 aromatic heterocycles. The minimum Gasteiger partial charge on any atom is -0.347 e. The molecule has 116 valence electrons. The van der Waals surface area contributed by atoms with Crippen molar-refractivity contribution in [1.82, 2.24) is 5.32 Å². The van der Waals surface area contributed by atoms with E-state index in [9.17, 15) is 13.2 Å². The quantitative estimate of drug-likeness (QED) is 0.844. The van der Waals surface area contributed by atoms with Crippen molar-refractivity contribution in [2.24, 2.45) is 0 Å². The molecule has 2 rings (SSSR count). The first-order valence-corrected chi connectivity index (χ1v) is 9.44. The molecule has 1 N–H and O–H groups in total. The molecule has 0 unspecified atom stereocenters. The summed E-state index contributed by atoms with van der Waals surface area (Å²) in [6.45, 7) is 3.71. The van der Waals surface area contributed by atoms with Crippen LogP contribution in [0.15, 0.2) is 17.0 Å². The van der Waals surface area contributed by atoms with E-state index >= 15 is 0 Å². The predicted octanol–water partition coefficient (Wildman–Crippen LogP) is 3.64. The van der Waals surface area contributed by atoms with Crippen molar-refractivity contribution in [2.45, 2.75) is 50.0 Å². The molecule has 21 heavy (non-hydrogen) atoms. The van der Waals surface area contributed by atoms with Crippen molar-refractivity contribution < 1.29 is 13.2 Å². The Balaban J connectivity index is 2.39. The van der Waals surface area contributed by atoms with Crippen LogP contribution in [-0.4, -0.2) is 19.9 Å². The third-order valence-electron chi connectivity index (χ3n) is 4.21. The zero-order valence-electron chi connectivity index (χ0n) is 11.9. The van der Waals surface area contributed by atoms with Gasteiger partial charge in [-0.25, -0.2) is 8.42 Å². The van der Waals surface area contributed by atoms with Crippen LogP contribution >= 0.6 is 22.3 Å². The van der Waals surface area contributed by atoms with Gasteiger partial charge in [-0.3, -0.25) is 4.79 Å². The van der Waals surface area contributed by atoms with Gasteiger partial charge in [0.25, 0.3) is 15.0 Å². The first kappa shape index (κ1) is 16.6. The number of hydrogen-bond donors (Lipinski definition) is 1. The number of halogens is 2. The van der Waals surface area contributed by atoms with Crippen molar-refractivity contribution in [2.75, 3.05) is 0 Å². The van der Waals surface area contributed by atoms with Gasteiger partial charge in [0.2, 0.25) is 0 Å². The molecule has 0 bridgehead atoms. The maximum absolute atomic E-state index is 12.5. The molecular weight excluding hydrogens is 333 g/mol. The summed E-state index contributed by atoms with van der Waals surface area (Å²) in [6, 6.07) is 2.54. The fourth-order valence-corrected chi connectivity index (χ4v) is 3.58. The molecule has 0 spiro atoms. The Morgan fingerprint density at radius 2 is 2.00 bits per heavy atom. The van der Waals surface area contributed by atoms with E-state index < -0.39 is 9.05 Å². The van der Waals surface area contributed by atoms with E-state index in [1.807, 2.05) is 6.92 Å². The van der Waals surface area contributed by atoms with Gasteiger partial charge < -0.3 is 5.32 Å². The van der Waals surface area contributed by atoms with Crippen LogP contribution in [0, 0.1) is 6.92 Å². The predicted molar refractivity (Wildman–Crippen MR) is 83.6 cm³/mol. The van der Waals surface area contributed by atoms with Gasteiger partial charge in [0.05, 0.1) is 4.90 Å². The second kappa shape index (κ2) is 5.78. The summed E-state index contributed by atoms with van der Waals surface area (Å²) in [7, 11) is 1.41. The standard InChI is InChI=1S/C14H17Cl2NO3S/c1-3-14(5-4-6-14)17-13(18)11-7-10(21(16,19)20)8-12(15)9(11)2/h7-8H,3-6H2,1-2H3,(H,17,18). The molecule has 0 saturated heterocycles. The first-order chi connectivity index (χ1) is 9.68. The molecule has 1 fully saturated rings. The Morgan fingerprint density at radius 1 is 1.38 bits per heavy atom. The maximum atomic E-state index is 12.5. The van der Waals surface area contributed by atoms with E-state index in [1.54, 1.807) is 6.92 Å². The molecule has 0 radical (unpaired) electrons. The molecule has 1 aromatic rings. The zero-order chi connectivity index (χ0) is 15.8. The number of hydrogen-bond acceptors (Lipinski definition) is 3. The van der Waals surface area contributed by atoms with Crippen LogP contribution in [0.2, 0.25) is 5.02 Å². The summed E-state index contributed by atoms with van der Waals surface area (Å²) in [4.78, 5) is 12.3. The zero-order valence-corrected chi connectivity index (χ0v) is 14.2. The molecule has 4 nitrogen and oxygen atoms in total. The van der Waals surface area contributed by atoms with Crippen LogP contribution in [0.5, 0.6) is 0 Å². The lowest BCUT2D eigenvalue weighted by Crippen LogP contribution is -2.53. The highest BCUT2D eigenvalue weighted by Gasteiger charge is 2.37. The normalized spacial score (nSPS) is 17.1. The van der Waals surface area contributed by atoms with Crippen LogP contribution in [-0.2, 0) is 9.05 Å². The van der Waals surface area contributed by atoms with E-state index in [2.05, 4.69) is 5.32 Å². The second-order valence-corrected chi connectivity index (χ2v) is 8.43. The Hall–Kier alpha value is -0.780. The third-order valence-corrected chi connectivity index (χ3v) is 5.94. The third kappa shape index (κ3) is 3.35. The second-order valence-electron chi connectivity index (χ2n) is 5.46. The number of carbonyl (C=O) groups is 1. The molecule has 1 aliphatic rings. The summed E-state index contributed by atoms with van der Waals surface area (Å²) in [5.74, 6) is -0.307. The molecule has 0 aliphatic heterocycles. The highest BCUT2D eigenvalue weighted by atomic mass is 35.7. The van der Waals surface area contributed by atoms with E-state index in [0.29, 0.717) is 5.56 Å². The van der Waals surface area contributed by atoms with Crippen molar-refractivity contribution in [3.63, 3.8) is 0 Å². The lowest BCUT2D eigenvalue weighted by atomic mass is 9.74. The van der Waals surface area contributed by atoms with E-state index in [4.69, 9.17) is 22.3 Å². The highest BCUT2D eigenvalue weighted by Crippen LogP contribution is 2.35. The van der Waals surface area contributed by atoms with Gasteiger partial charge >= 0.3 is 0 Å². The molecule has 1 aromatic carbocycles. The van der Waals surface area contributed by atoms with Gasteiger partial charge in [0.1, 0.15) is 0 Å². The molecule has 1 saturated carbocycles. The number of amides is 1. The van der Waals surface area contributed by atoms with Crippen LogP contribution in [0.4, 0.5) is 0 Å². The summed E-state index contributed by atoms with van der Waals surface area (Å²) < 4.78 is 22.9. The van der Waals surface area contributed by atoms with Gasteiger partial charge in [-0.1, -0.05) is 18.5 Å². The Labute approximate surface area is 134 Å². The maximum Gasteiger partial charge on any atom is 0.261 e. The highest BCUT2D eigenvalue weighted by molar-refractivity contribution is 8.13. The van der Waals surface area contributed by atoms with E-state index in [-0.39, 0.29) is 26.9 Å². The molecule has 1 amide bonds. The SMILES string of the molecule is CCC1(NC(=O)c2cc(S(=O)(=O)Cl)cc(Cl)c2C)CCC1. The lowest BCUT2D eigenvalue weighted by molar-refractivity contribution is 0.0819. The summed E-state index contributed by atoms with van der Waals surface area (Å²) >= 11 is 6.02. The fourth-order valence-electron chi connectivity index (χ4n) is 2.51. The van der Waals surface area contributed by atoms with Crippen molar-refractivity contribution >= 4 is 37.2 Å². The average Bonchev–Trinajstić information content (AvgIpc) is 2.35. The molecule has 0 atom stereocenters. The summed E-state index contributed by atoms with van der Waals surface area (Å²) in [6.07, 6.45) is 3.81. The molecule has 7 heteroatoms. The summed E-state index contributed by atoms with van der Waals surface area (Å²) in [5, 5.41) is 3.22. The topological polar surface area (TPSA) is 63.2 Å². The van der Waals surface area contributed by atoms with Crippen molar-refractivity contribution in [1.29, 1.82) is 0 Å². The monoisotopic (exact) mass is 349 g/mol. The van der Waals surface area contributed by atoms with E-state index in [0.717, 1.165) is 25.7 Å². The lowest BCUT2D eigenvalue weighted by Gasteiger charge is -2.42. The van der Waals surface area contributed by atoms with Crippen molar-refractivity contribution in [3.8, 4) is 0 Å². The van der Waals surface area contributed by atoms with Gasteiger partial charge in [-0.2, -0.15) is 0 Å². The minimum atomic E-state index is -3.93. The number of benzene rings is 1. The molecule has 1 aliphatic carbocycles.